The summed E-state index contributed by atoms with van der Waals surface area (Å²) in [6.07, 6.45) is 0. The van der Waals surface area contributed by atoms with Crippen LogP contribution in [0.1, 0.15) is 24.1 Å². The summed E-state index contributed by atoms with van der Waals surface area (Å²) in [6, 6.07) is 14.6. The second-order valence-electron chi connectivity index (χ2n) is 4.81. The van der Waals surface area contributed by atoms with Crippen LogP contribution in [-0.2, 0) is 6.54 Å². The van der Waals surface area contributed by atoms with Crippen molar-refractivity contribution >= 4 is 15.9 Å². The van der Waals surface area contributed by atoms with Gasteiger partial charge in [-0.15, -0.1) is 0 Å². The molecule has 0 radical (unpaired) electrons. The molecule has 0 aliphatic carbocycles. The first-order valence-corrected chi connectivity index (χ1v) is 7.63. The maximum absolute atomic E-state index is 5.47. The van der Waals surface area contributed by atoms with Crippen molar-refractivity contribution in [3.63, 3.8) is 0 Å². The van der Waals surface area contributed by atoms with Gasteiger partial charge >= 0.3 is 0 Å². The molecule has 2 rings (SSSR count). The number of benzene rings is 2. The second-order valence-corrected chi connectivity index (χ2v) is 5.73. The van der Waals surface area contributed by atoms with Crippen LogP contribution in [0.15, 0.2) is 46.9 Å². The monoisotopic (exact) mass is 349 g/mol. The van der Waals surface area contributed by atoms with Crippen LogP contribution in [0, 0.1) is 0 Å². The summed E-state index contributed by atoms with van der Waals surface area (Å²) in [6.45, 7) is 2.85. The molecule has 0 fully saturated rings. The largest absolute Gasteiger partial charge is 0.493 e. The smallest absolute Gasteiger partial charge is 0.165 e. The van der Waals surface area contributed by atoms with Crippen molar-refractivity contribution in [2.24, 2.45) is 0 Å². The third kappa shape index (κ3) is 3.99. The Morgan fingerprint density at radius 3 is 2.43 bits per heavy atom. The highest BCUT2D eigenvalue weighted by Gasteiger charge is 2.13. The number of methoxy groups -OCH3 is 2. The summed E-state index contributed by atoms with van der Waals surface area (Å²) in [5.74, 6) is 1.50. The first-order valence-electron chi connectivity index (χ1n) is 6.84. The normalized spacial score (nSPS) is 12.0. The van der Waals surface area contributed by atoms with Gasteiger partial charge in [0.15, 0.2) is 11.5 Å². The molecule has 0 aliphatic rings. The lowest BCUT2D eigenvalue weighted by molar-refractivity contribution is 0.349. The van der Waals surface area contributed by atoms with Gasteiger partial charge in [0.2, 0.25) is 0 Å². The maximum atomic E-state index is 5.47. The van der Waals surface area contributed by atoms with E-state index in [1.807, 2.05) is 18.2 Å². The second kappa shape index (κ2) is 7.48. The molecule has 0 unspecified atom stereocenters. The lowest BCUT2D eigenvalue weighted by Gasteiger charge is -2.17. The molecule has 1 atom stereocenters. The molecular formula is C17H20BrNO2. The Bertz CT molecular complexity index is 587. The molecular weight excluding hydrogens is 330 g/mol. The van der Waals surface area contributed by atoms with Gasteiger partial charge in [-0.05, 0) is 24.6 Å². The van der Waals surface area contributed by atoms with E-state index < -0.39 is 0 Å². The van der Waals surface area contributed by atoms with Crippen molar-refractivity contribution in [1.82, 2.24) is 5.32 Å². The fourth-order valence-electron chi connectivity index (χ4n) is 2.26. The molecule has 4 heteroatoms. The van der Waals surface area contributed by atoms with Crippen LogP contribution in [-0.4, -0.2) is 14.2 Å². The fraction of sp³-hybridized carbons (Fsp3) is 0.294. The van der Waals surface area contributed by atoms with E-state index in [4.69, 9.17) is 9.47 Å². The first kappa shape index (κ1) is 15.9. The first-order chi connectivity index (χ1) is 10.2. The molecule has 0 saturated heterocycles. The van der Waals surface area contributed by atoms with E-state index in [-0.39, 0.29) is 6.04 Å². The molecule has 0 aliphatic heterocycles. The van der Waals surface area contributed by atoms with Gasteiger partial charge in [-0.1, -0.05) is 46.3 Å². The third-order valence-electron chi connectivity index (χ3n) is 3.42. The van der Waals surface area contributed by atoms with Crippen LogP contribution >= 0.6 is 15.9 Å². The van der Waals surface area contributed by atoms with Gasteiger partial charge in [-0.25, -0.2) is 0 Å². The van der Waals surface area contributed by atoms with Gasteiger partial charge in [-0.3, -0.25) is 0 Å². The highest BCUT2D eigenvalue weighted by molar-refractivity contribution is 9.10. The summed E-state index contributed by atoms with van der Waals surface area (Å²) >= 11 is 3.51. The van der Waals surface area contributed by atoms with Crippen molar-refractivity contribution in [3.8, 4) is 11.5 Å². The Labute approximate surface area is 134 Å². The molecule has 0 spiro atoms. The Hall–Kier alpha value is -1.52. The van der Waals surface area contributed by atoms with E-state index in [9.17, 15) is 0 Å². The molecule has 2 aromatic carbocycles. The Kier molecular flexibility index (Phi) is 5.65. The molecule has 0 aromatic heterocycles. The molecule has 0 saturated carbocycles. The van der Waals surface area contributed by atoms with Crippen molar-refractivity contribution in [2.75, 3.05) is 14.2 Å². The number of rotatable bonds is 6. The number of nitrogens with one attached hydrogen (secondary N) is 1. The molecule has 3 nitrogen and oxygen atoms in total. The van der Waals surface area contributed by atoms with Crippen LogP contribution in [0.4, 0.5) is 0 Å². The minimum Gasteiger partial charge on any atom is -0.493 e. The summed E-state index contributed by atoms with van der Waals surface area (Å²) < 4.78 is 11.8. The summed E-state index contributed by atoms with van der Waals surface area (Å²) in [7, 11) is 3.31. The van der Waals surface area contributed by atoms with E-state index in [0.29, 0.717) is 6.54 Å². The van der Waals surface area contributed by atoms with Crippen molar-refractivity contribution in [3.05, 3.63) is 58.1 Å². The van der Waals surface area contributed by atoms with E-state index in [2.05, 4.69) is 52.4 Å². The van der Waals surface area contributed by atoms with Gasteiger partial charge in [0, 0.05) is 22.6 Å². The van der Waals surface area contributed by atoms with E-state index in [1.165, 1.54) is 5.56 Å². The minimum absolute atomic E-state index is 0.265. The molecule has 2 aromatic rings. The van der Waals surface area contributed by atoms with Crippen molar-refractivity contribution in [1.29, 1.82) is 0 Å². The topological polar surface area (TPSA) is 30.5 Å². The van der Waals surface area contributed by atoms with Crippen LogP contribution in [0.3, 0.4) is 0 Å². The molecule has 0 bridgehead atoms. The van der Waals surface area contributed by atoms with E-state index >= 15 is 0 Å². The van der Waals surface area contributed by atoms with Gasteiger partial charge < -0.3 is 14.8 Å². The highest BCUT2D eigenvalue weighted by atomic mass is 79.9. The summed E-state index contributed by atoms with van der Waals surface area (Å²) in [5, 5.41) is 3.51. The zero-order valence-electron chi connectivity index (χ0n) is 12.5. The SMILES string of the molecule is COc1cc(Br)cc(CN[C@H](C)c2ccccc2)c1OC. The Morgan fingerprint density at radius 1 is 1.10 bits per heavy atom. The highest BCUT2D eigenvalue weighted by Crippen LogP contribution is 2.34. The Balaban J connectivity index is 2.14. The average molecular weight is 350 g/mol. The number of hydrogen-bond donors (Lipinski definition) is 1. The van der Waals surface area contributed by atoms with Crippen LogP contribution in [0.2, 0.25) is 0 Å². The minimum atomic E-state index is 0.265. The Morgan fingerprint density at radius 2 is 1.81 bits per heavy atom. The zero-order valence-corrected chi connectivity index (χ0v) is 14.1. The average Bonchev–Trinajstić information content (AvgIpc) is 2.52. The maximum Gasteiger partial charge on any atom is 0.165 e. The number of halogens is 1. The van der Waals surface area contributed by atoms with Crippen LogP contribution in [0.25, 0.3) is 0 Å². The van der Waals surface area contributed by atoms with Gasteiger partial charge in [0.05, 0.1) is 14.2 Å². The van der Waals surface area contributed by atoms with Gasteiger partial charge in [0.1, 0.15) is 0 Å². The van der Waals surface area contributed by atoms with Crippen LogP contribution < -0.4 is 14.8 Å². The standard InChI is InChI=1S/C17H20BrNO2/c1-12(13-7-5-4-6-8-13)19-11-14-9-15(18)10-16(20-2)17(14)21-3/h4-10,12,19H,11H2,1-3H3/t12-/m1/s1. The predicted molar refractivity (Wildman–Crippen MR) is 88.9 cm³/mol. The fourth-order valence-corrected chi connectivity index (χ4v) is 2.74. The quantitative estimate of drug-likeness (QED) is 0.842. The van der Waals surface area contributed by atoms with E-state index in [1.54, 1.807) is 14.2 Å². The summed E-state index contributed by atoms with van der Waals surface area (Å²) in [5.41, 5.74) is 2.32. The molecule has 112 valence electrons. The molecule has 0 amide bonds. The lowest BCUT2D eigenvalue weighted by Crippen LogP contribution is -2.18. The van der Waals surface area contributed by atoms with Gasteiger partial charge in [0.25, 0.3) is 0 Å². The summed E-state index contributed by atoms with van der Waals surface area (Å²) in [4.78, 5) is 0. The van der Waals surface area contributed by atoms with Crippen molar-refractivity contribution < 1.29 is 9.47 Å². The number of ether oxygens (including phenoxy) is 2. The lowest BCUT2D eigenvalue weighted by atomic mass is 10.1. The molecule has 1 N–H and O–H groups in total. The molecule has 21 heavy (non-hydrogen) atoms. The third-order valence-corrected chi connectivity index (χ3v) is 3.88. The van der Waals surface area contributed by atoms with Gasteiger partial charge in [-0.2, -0.15) is 0 Å². The van der Waals surface area contributed by atoms with Crippen LogP contribution in [0.5, 0.6) is 11.5 Å². The zero-order chi connectivity index (χ0) is 15.2. The van der Waals surface area contributed by atoms with E-state index in [0.717, 1.165) is 21.5 Å². The number of hydrogen-bond acceptors (Lipinski definition) is 3. The molecule has 0 heterocycles. The van der Waals surface area contributed by atoms with Crippen molar-refractivity contribution in [2.45, 2.75) is 19.5 Å². The predicted octanol–water partition coefficient (Wildman–Crippen LogP) is 4.32.